The van der Waals surface area contributed by atoms with Crippen molar-refractivity contribution in [1.29, 1.82) is 0 Å². The minimum atomic E-state index is -0.634. The first-order chi connectivity index (χ1) is 13.0. The molecule has 0 aliphatic rings. The number of thiazole rings is 1. The number of para-hydroxylation sites is 1. The van der Waals surface area contributed by atoms with Crippen LogP contribution in [0.1, 0.15) is 0 Å². The van der Waals surface area contributed by atoms with Gasteiger partial charge in [-0.15, -0.1) is 6.42 Å². The van der Waals surface area contributed by atoms with Gasteiger partial charge in [0.05, 0.1) is 21.7 Å². The summed E-state index contributed by atoms with van der Waals surface area (Å²) >= 11 is 1.09. The normalized spacial score (nSPS) is 11.3. The van der Waals surface area contributed by atoms with Crippen molar-refractivity contribution in [2.45, 2.75) is 6.54 Å². The van der Waals surface area contributed by atoms with Crippen LogP contribution in [0.25, 0.3) is 10.2 Å². The van der Waals surface area contributed by atoms with Crippen LogP contribution in [0.15, 0.2) is 47.5 Å². The van der Waals surface area contributed by atoms with Crippen molar-refractivity contribution in [1.82, 2.24) is 4.57 Å². The second-order valence-corrected chi connectivity index (χ2v) is 6.32. The van der Waals surface area contributed by atoms with Crippen LogP contribution in [-0.4, -0.2) is 22.0 Å². The third-order valence-corrected chi connectivity index (χ3v) is 4.58. The molecule has 0 spiro atoms. The van der Waals surface area contributed by atoms with Gasteiger partial charge >= 0.3 is 0 Å². The molecule has 0 bridgehead atoms. The lowest BCUT2D eigenvalue weighted by molar-refractivity contribution is -0.384. The van der Waals surface area contributed by atoms with Gasteiger partial charge in [-0.1, -0.05) is 29.4 Å². The van der Waals surface area contributed by atoms with Crippen LogP contribution in [0, 0.1) is 28.3 Å². The second kappa shape index (κ2) is 7.80. The molecule has 1 heterocycles. The molecule has 0 N–H and O–H groups in total. The van der Waals surface area contributed by atoms with Crippen LogP contribution >= 0.6 is 11.3 Å². The van der Waals surface area contributed by atoms with Crippen molar-refractivity contribution in [3.05, 3.63) is 63.2 Å². The Morgan fingerprint density at radius 2 is 2.15 bits per heavy atom. The maximum atomic E-state index is 13.5. The van der Waals surface area contributed by atoms with Gasteiger partial charge in [-0.2, -0.15) is 4.99 Å². The quantitative estimate of drug-likeness (QED) is 0.384. The Bertz CT molecular complexity index is 1140. The molecule has 136 valence electrons. The Balaban J connectivity index is 1.93. The predicted octanol–water partition coefficient (Wildman–Crippen LogP) is 2.89. The molecule has 0 fully saturated rings. The number of rotatable bonds is 5. The summed E-state index contributed by atoms with van der Waals surface area (Å²) in [7, 11) is 0. The van der Waals surface area contributed by atoms with E-state index in [1.165, 1.54) is 30.3 Å². The Labute approximate surface area is 156 Å². The van der Waals surface area contributed by atoms with E-state index >= 15 is 0 Å². The average molecular weight is 385 g/mol. The number of nitro groups is 1. The molecule has 1 aromatic heterocycles. The first-order valence-electron chi connectivity index (χ1n) is 7.65. The molecule has 0 aliphatic carbocycles. The molecule has 2 aromatic carbocycles. The Hall–Kier alpha value is -3.51. The van der Waals surface area contributed by atoms with E-state index in [0.717, 1.165) is 11.3 Å². The number of fused-ring (bicyclic) bond motifs is 1. The molecule has 9 heteroatoms. The van der Waals surface area contributed by atoms with E-state index in [0.29, 0.717) is 10.2 Å². The minimum absolute atomic E-state index is 0.0514. The lowest BCUT2D eigenvalue weighted by Crippen LogP contribution is -2.19. The summed E-state index contributed by atoms with van der Waals surface area (Å²) in [6.07, 6.45) is 5.37. The SMILES string of the molecule is C#CCn1c(=NC(=O)COc2ccccc2F)sc2cc([N+](=O)[O-])ccc21. The van der Waals surface area contributed by atoms with Crippen molar-refractivity contribution in [3.8, 4) is 18.1 Å². The number of carbonyl (C=O) groups is 1. The van der Waals surface area contributed by atoms with E-state index in [1.54, 1.807) is 16.7 Å². The summed E-state index contributed by atoms with van der Waals surface area (Å²) in [6, 6.07) is 10.0. The summed E-state index contributed by atoms with van der Waals surface area (Å²) in [5.41, 5.74) is 0.558. The van der Waals surface area contributed by atoms with Gasteiger partial charge in [0.2, 0.25) is 0 Å². The number of hydrogen-bond donors (Lipinski definition) is 0. The van der Waals surface area contributed by atoms with Crippen LogP contribution < -0.4 is 9.54 Å². The fourth-order valence-corrected chi connectivity index (χ4v) is 3.42. The maximum absolute atomic E-state index is 13.5. The highest BCUT2D eigenvalue weighted by molar-refractivity contribution is 7.16. The molecule has 0 atom stereocenters. The molecule has 0 unspecified atom stereocenters. The fraction of sp³-hybridized carbons (Fsp3) is 0.111. The van der Waals surface area contributed by atoms with Crippen molar-refractivity contribution in [2.75, 3.05) is 6.61 Å². The van der Waals surface area contributed by atoms with E-state index in [1.807, 2.05) is 0 Å². The maximum Gasteiger partial charge on any atom is 0.286 e. The number of aromatic nitrogens is 1. The van der Waals surface area contributed by atoms with Crippen LogP contribution in [-0.2, 0) is 11.3 Å². The van der Waals surface area contributed by atoms with Gasteiger partial charge in [0.15, 0.2) is 23.0 Å². The number of benzene rings is 2. The van der Waals surface area contributed by atoms with E-state index < -0.39 is 23.3 Å². The van der Waals surface area contributed by atoms with Gasteiger partial charge in [-0.3, -0.25) is 14.9 Å². The Morgan fingerprint density at radius 1 is 1.37 bits per heavy atom. The highest BCUT2D eigenvalue weighted by Gasteiger charge is 2.13. The summed E-state index contributed by atoms with van der Waals surface area (Å²) in [6.45, 7) is -0.316. The molecule has 0 radical (unpaired) electrons. The number of amides is 1. The van der Waals surface area contributed by atoms with Gasteiger partial charge in [-0.25, -0.2) is 4.39 Å². The molecule has 3 aromatic rings. The monoisotopic (exact) mass is 385 g/mol. The molecule has 0 aliphatic heterocycles. The summed E-state index contributed by atoms with van der Waals surface area (Å²) in [5.74, 6) is 1.20. The van der Waals surface area contributed by atoms with Crippen LogP contribution in [0.3, 0.4) is 0 Å². The van der Waals surface area contributed by atoms with E-state index in [2.05, 4.69) is 10.9 Å². The molecule has 3 rings (SSSR count). The number of nitrogens with zero attached hydrogens (tertiary/aromatic N) is 3. The fourth-order valence-electron chi connectivity index (χ4n) is 2.35. The van der Waals surface area contributed by atoms with Gasteiger partial charge in [0, 0.05) is 12.1 Å². The number of nitro benzene ring substituents is 1. The van der Waals surface area contributed by atoms with Gasteiger partial charge < -0.3 is 9.30 Å². The van der Waals surface area contributed by atoms with Gasteiger partial charge in [0.25, 0.3) is 11.6 Å². The van der Waals surface area contributed by atoms with Gasteiger partial charge in [0.1, 0.15) is 0 Å². The molecule has 0 saturated carbocycles. The zero-order valence-electron chi connectivity index (χ0n) is 13.8. The topological polar surface area (TPSA) is 86.7 Å². The average Bonchev–Trinajstić information content (AvgIpc) is 2.98. The smallest absolute Gasteiger partial charge is 0.286 e. The Kier molecular flexibility index (Phi) is 5.28. The number of terminal acetylenes is 1. The number of halogens is 1. The molecular weight excluding hydrogens is 373 g/mol. The van der Waals surface area contributed by atoms with Gasteiger partial charge in [-0.05, 0) is 18.2 Å². The van der Waals surface area contributed by atoms with Crippen molar-refractivity contribution in [2.24, 2.45) is 4.99 Å². The largest absolute Gasteiger partial charge is 0.481 e. The summed E-state index contributed by atoms with van der Waals surface area (Å²) < 4.78 is 20.8. The number of ether oxygens (including phenoxy) is 1. The van der Waals surface area contributed by atoms with E-state index in [4.69, 9.17) is 11.2 Å². The first kappa shape index (κ1) is 18.3. The molecule has 27 heavy (non-hydrogen) atoms. The first-order valence-corrected chi connectivity index (χ1v) is 8.47. The highest BCUT2D eigenvalue weighted by Crippen LogP contribution is 2.23. The number of non-ortho nitro benzene ring substituents is 1. The zero-order valence-corrected chi connectivity index (χ0v) is 14.6. The van der Waals surface area contributed by atoms with Crippen LogP contribution in [0.4, 0.5) is 10.1 Å². The van der Waals surface area contributed by atoms with E-state index in [9.17, 15) is 19.3 Å². The molecular formula is C18H12FN3O4S. The predicted molar refractivity (Wildman–Crippen MR) is 97.8 cm³/mol. The van der Waals surface area contributed by atoms with Crippen LogP contribution in [0.2, 0.25) is 0 Å². The molecule has 1 amide bonds. The van der Waals surface area contributed by atoms with E-state index in [-0.39, 0.29) is 22.8 Å². The molecule has 7 nitrogen and oxygen atoms in total. The third kappa shape index (κ3) is 4.02. The van der Waals surface area contributed by atoms with Crippen molar-refractivity contribution >= 4 is 33.1 Å². The lowest BCUT2D eigenvalue weighted by atomic mass is 10.3. The third-order valence-electron chi connectivity index (χ3n) is 3.53. The molecule has 0 saturated heterocycles. The second-order valence-electron chi connectivity index (χ2n) is 5.31. The summed E-state index contributed by atoms with van der Waals surface area (Å²) in [5, 5.41) is 10.9. The number of hydrogen-bond acceptors (Lipinski definition) is 5. The zero-order chi connectivity index (χ0) is 19.4. The lowest BCUT2D eigenvalue weighted by Gasteiger charge is -2.04. The highest BCUT2D eigenvalue weighted by atomic mass is 32.1. The number of carbonyl (C=O) groups excluding carboxylic acids is 1. The summed E-state index contributed by atoms with van der Waals surface area (Å²) in [4.78, 5) is 26.8. The minimum Gasteiger partial charge on any atom is -0.481 e. The van der Waals surface area contributed by atoms with Crippen LogP contribution in [0.5, 0.6) is 5.75 Å². The van der Waals surface area contributed by atoms with Crippen molar-refractivity contribution in [3.63, 3.8) is 0 Å². The standard InChI is InChI=1S/C18H12FN3O4S/c1-2-9-21-14-8-7-12(22(24)25)10-16(14)27-18(21)20-17(23)11-26-15-6-4-3-5-13(15)19/h1,3-8,10H,9,11H2. The van der Waals surface area contributed by atoms with Crippen molar-refractivity contribution < 1.29 is 18.8 Å². The Morgan fingerprint density at radius 3 is 2.85 bits per heavy atom.